The molecule has 0 aliphatic carbocycles. The molecule has 1 fully saturated rings. The molecule has 0 amide bonds. The van der Waals surface area contributed by atoms with Crippen molar-refractivity contribution in [2.75, 3.05) is 30.4 Å². The lowest BCUT2D eigenvalue weighted by Gasteiger charge is -2.28. The maximum absolute atomic E-state index is 9.05. The highest BCUT2D eigenvalue weighted by molar-refractivity contribution is 5.59. The fraction of sp³-hybridized carbons (Fsp3) is 0.733. The molecule has 112 valence electrons. The Morgan fingerprint density at radius 3 is 2.85 bits per heavy atom. The van der Waals surface area contributed by atoms with Crippen LogP contribution in [0.25, 0.3) is 0 Å². The van der Waals surface area contributed by atoms with E-state index in [2.05, 4.69) is 29.0 Å². The van der Waals surface area contributed by atoms with Gasteiger partial charge in [-0.2, -0.15) is 0 Å². The van der Waals surface area contributed by atoms with Crippen LogP contribution in [0.5, 0.6) is 0 Å². The molecule has 1 aliphatic rings. The summed E-state index contributed by atoms with van der Waals surface area (Å²) in [6.07, 6.45) is 5.15. The van der Waals surface area contributed by atoms with Gasteiger partial charge in [0, 0.05) is 38.2 Å². The maximum Gasteiger partial charge on any atom is 0.137 e. The first kappa shape index (κ1) is 15.0. The van der Waals surface area contributed by atoms with Crippen molar-refractivity contribution in [3.63, 3.8) is 0 Å². The van der Waals surface area contributed by atoms with Gasteiger partial charge in [-0.1, -0.05) is 6.92 Å². The van der Waals surface area contributed by atoms with Gasteiger partial charge in [-0.3, -0.25) is 0 Å². The van der Waals surface area contributed by atoms with Gasteiger partial charge in [0.25, 0.3) is 0 Å². The average molecular weight is 278 g/mol. The number of aliphatic hydroxyl groups excluding tert-OH is 1. The lowest BCUT2D eigenvalue weighted by Crippen LogP contribution is -2.31. The van der Waals surface area contributed by atoms with E-state index in [0.717, 1.165) is 48.8 Å². The number of rotatable bonds is 6. The Labute approximate surface area is 121 Å². The van der Waals surface area contributed by atoms with E-state index in [4.69, 9.17) is 10.1 Å². The van der Waals surface area contributed by atoms with Gasteiger partial charge in [0.15, 0.2) is 0 Å². The van der Waals surface area contributed by atoms with Crippen molar-refractivity contribution in [2.24, 2.45) is 0 Å². The van der Waals surface area contributed by atoms with Gasteiger partial charge in [0.2, 0.25) is 0 Å². The molecule has 2 rings (SSSR count). The van der Waals surface area contributed by atoms with E-state index in [0.29, 0.717) is 6.04 Å². The molecule has 0 bridgehead atoms. The molecule has 5 heteroatoms. The predicted octanol–water partition coefficient (Wildman–Crippen LogP) is 2.13. The molecule has 5 nitrogen and oxygen atoms in total. The highest BCUT2D eigenvalue weighted by Gasteiger charge is 2.27. The van der Waals surface area contributed by atoms with Crippen molar-refractivity contribution in [1.82, 2.24) is 9.97 Å². The predicted molar refractivity (Wildman–Crippen MR) is 82.4 cm³/mol. The molecule has 1 unspecified atom stereocenters. The smallest absolute Gasteiger partial charge is 0.137 e. The molecule has 1 aliphatic heterocycles. The van der Waals surface area contributed by atoms with Crippen LogP contribution >= 0.6 is 0 Å². The molecule has 2 heterocycles. The molecule has 0 spiro atoms. The zero-order chi connectivity index (χ0) is 14.5. The van der Waals surface area contributed by atoms with Gasteiger partial charge in [-0.05, 0) is 32.6 Å². The van der Waals surface area contributed by atoms with Crippen LogP contribution in [0.15, 0.2) is 0 Å². The quantitative estimate of drug-likeness (QED) is 0.834. The molecule has 1 aromatic heterocycles. The zero-order valence-electron chi connectivity index (χ0n) is 12.8. The van der Waals surface area contributed by atoms with Crippen molar-refractivity contribution >= 4 is 11.6 Å². The number of aromatic nitrogens is 2. The van der Waals surface area contributed by atoms with E-state index < -0.39 is 0 Å². The number of nitrogens with one attached hydrogen (secondary N) is 1. The third kappa shape index (κ3) is 3.03. The molecule has 0 saturated carbocycles. The van der Waals surface area contributed by atoms with Crippen LogP contribution in [0.2, 0.25) is 0 Å². The van der Waals surface area contributed by atoms with Crippen molar-refractivity contribution in [3.05, 3.63) is 11.4 Å². The van der Waals surface area contributed by atoms with Crippen LogP contribution < -0.4 is 10.2 Å². The Morgan fingerprint density at radius 1 is 1.40 bits per heavy atom. The molecule has 0 radical (unpaired) electrons. The summed E-state index contributed by atoms with van der Waals surface area (Å²) in [5.74, 6) is 2.89. The first-order chi connectivity index (χ1) is 9.71. The largest absolute Gasteiger partial charge is 0.396 e. The zero-order valence-corrected chi connectivity index (χ0v) is 12.8. The van der Waals surface area contributed by atoms with E-state index in [1.54, 1.807) is 0 Å². The summed E-state index contributed by atoms with van der Waals surface area (Å²) in [5, 5.41) is 12.2. The fourth-order valence-electron chi connectivity index (χ4n) is 2.97. The van der Waals surface area contributed by atoms with E-state index in [9.17, 15) is 0 Å². The Morgan fingerprint density at radius 2 is 2.20 bits per heavy atom. The second-order valence-electron chi connectivity index (χ2n) is 5.40. The first-order valence-corrected chi connectivity index (χ1v) is 7.64. The minimum Gasteiger partial charge on any atom is -0.396 e. The molecule has 1 aromatic rings. The highest BCUT2D eigenvalue weighted by atomic mass is 16.2. The van der Waals surface area contributed by atoms with Crippen molar-refractivity contribution in [1.29, 1.82) is 0 Å². The Balaban J connectivity index is 2.30. The number of anilines is 2. The molecule has 0 aromatic carbocycles. The van der Waals surface area contributed by atoms with Crippen molar-refractivity contribution < 1.29 is 5.11 Å². The number of nitrogens with zero attached hydrogens (tertiary/aromatic N) is 3. The van der Waals surface area contributed by atoms with Crippen LogP contribution in [0, 0.1) is 6.92 Å². The molecule has 2 N–H and O–H groups in total. The molecule has 1 atom stereocenters. The number of hydrogen-bond acceptors (Lipinski definition) is 5. The number of aryl methyl sites for hydroxylation is 1. The lowest BCUT2D eigenvalue weighted by molar-refractivity contribution is 0.279. The van der Waals surface area contributed by atoms with Crippen LogP contribution in [-0.4, -0.2) is 41.3 Å². The van der Waals surface area contributed by atoms with Gasteiger partial charge >= 0.3 is 0 Å². The van der Waals surface area contributed by atoms with Crippen LogP contribution in [0.4, 0.5) is 11.6 Å². The average Bonchev–Trinajstić information content (AvgIpc) is 2.93. The number of aliphatic hydroxyl groups is 1. The fourth-order valence-corrected chi connectivity index (χ4v) is 2.97. The van der Waals surface area contributed by atoms with Crippen molar-refractivity contribution in [3.8, 4) is 0 Å². The Bertz CT molecular complexity index is 450. The lowest BCUT2D eigenvalue weighted by atomic mass is 10.1. The molecular formula is C15H26N4O. The summed E-state index contributed by atoms with van der Waals surface area (Å²) in [5.41, 5.74) is 1.13. The minimum absolute atomic E-state index is 0.273. The van der Waals surface area contributed by atoms with E-state index in [-0.39, 0.29) is 6.61 Å². The molecule has 1 saturated heterocycles. The second kappa shape index (κ2) is 6.88. The third-order valence-electron chi connectivity index (χ3n) is 4.06. The second-order valence-corrected chi connectivity index (χ2v) is 5.40. The van der Waals surface area contributed by atoms with E-state index in [1.165, 1.54) is 12.8 Å². The van der Waals surface area contributed by atoms with Gasteiger partial charge in [0.05, 0.1) is 0 Å². The van der Waals surface area contributed by atoms with Gasteiger partial charge < -0.3 is 15.3 Å². The first-order valence-electron chi connectivity index (χ1n) is 7.64. The standard InChI is InChI=1S/C15H26N4O/c1-4-13-17-14(16-3)11(2)15(18-13)19-9-5-7-12(19)8-6-10-20/h12,20H,4-10H2,1-3H3,(H,16,17,18). The van der Waals surface area contributed by atoms with Crippen molar-refractivity contribution in [2.45, 2.75) is 52.0 Å². The van der Waals surface area contributed by atoms with Gasteiger partial charge in [-0.15, -0.1) is 0 Å². The summed E-state index contributed by atoms with van der Waals surface area (Å²) < 4.78 is 0. The Kier molecular flexibility index (Phi) is 5.17. The maximum atomic E-state index is 9.05. The normalized spacial score (nSPS) is 18.6. The van der Waals surface area contributed by atoms with Gasteiger partial charge in [-0.25, -0.2) is 9.97 Å². The number of hydrogen-bond donors (Lipinski definition) is 2. The summed E-state index contributed by atoms with van der Waals surface area (Å²) in [4.78, 5) is 11.7. The molecule has 20 heavy (non-hydrogen) atoms. The minimum atomic E-state index is 0.273. The summed E-state index contributed by atoms with van der Waals surface area (Å²) >= 11 is 0. The van der Waals surface area contributed by atoms with Crippen LogP contribution in [-0.2, 0) is 6.42 Å². The van der Waals surface area contributed by atoms with Crippen LogP contribution in [0.3, 0.4) is 0 Å². The SMILES string of the molecule is CCc1nc(NC)c(C)c(N2CCCC2CCCO)n1. The Hall–Kier alpha value is -1.36. The van der Waals surface area contributed by atoms with Gasteiger partial charge in [0.1, 0.15) is 17.5 Å². The topological polar surface area (TPSA) is 61.3 Å². The monoisotopic (exact) mass is 278 g/mol. The van der Waals surface area contributed by atoms with E-state index >= 15 is 0 Å². The van der Waals surface area contributed by atoms with E-state index in [1.807, 2.05) is 7.05 Å². The molecular weight excluding hydrogens is 252 g/mol. The van der Waals surface area contributed by atoms with Crippen LogP contribution in [0.1, 0.15) is 44.0 Å². The summed E-state index contributed by atoms with van der Waals surface area (Å²) in [6.45, 7) is 5.50. The highest BCUT2D eigenvalue weighted by Crippen LogP contribution is 2.31. The third-order valence-corrected chi connectivity index (χ3v) is 4.06. The summed E-state index contributed by atoms with van der Waals surface area (Å²) in [7, 11) is 1.91. The summed E-state index contributed by atoms with van der Waals surface area (Å²) in [6, 6.07) is 0.505.